The Morgan fingerprint density at radius 3 is 1.93 bits per heavy atom. The number of hydrogen-bond donors (Lipinski definition) is 0. The first-order chi connectivity index (χ1) is 20.3. The minimum atomic E-state index is -2.60. The summed E-state index contributed by atoms with van der Waals surface area (Å²) in [6, 6.07) is 10.5. The molecule has 0 aliphatic rings. The van der Waals surface area contributed by atoms with Crippen LogP contribution < -0.4 is 18.9 Å². The van der Waals surface area contributed by atoms with Crippen molar-refractivity contribution in [3.8, 4) is 23.0 Å². The summed E-state index contributed by atoms with van der Waals surface area (Å²) < 4.78 is 44.4. The molecular weight excluding hydrogens is 560 g/mol. The van der Waals surface area contributed by atoms with Crippen LogP contribution in [-0.2, 0) is 22.8 Å². The van der Waals surface area contributed by atoms with Gasteiger partial charge < -0.3 is 37.0 Å². The van der Waals surface area contributed by atoms with Gasteiger partial charge in [0.05, 0.1) is 33.5 Å². The number of ether oxygens (including phenoxy) is 5. The monoisotopic (exact) mass is 604 g/mol. The molecule has 0 bridgehead atoms. The number of benzene rings is 2. The molecule has 0 saturated carbocycles. The van der Waals surface area contributed by atoms with Gasteiger partial charge in [-0.05, 0) is 75.6 Å². The van der Waals surface area contributed by atoms with Crippen molar-refractivity contribution in [2.24, 2.45) is 0 Å². The van der Waals surface area contributed by atoms with Crippen LogP contribution in [0.1, 0.15) is 62.4 Å². The van der Waals surface area contributed by atoms with Crippen molar-refractivity contribution < 1.29 is 46.6 Å². The first kappa shape index (κ1) is 34.8. The molecule has 10 nitrogen and oxygen atoms in total. The molecule has 0 N–H and O–H groups in total. The molecular formula is C31H44O10Si. The number of carbonyl (C=O) groups is 2. The average Bonchev–Trinajstić information content (AvgIpc) is 3.00. The van der Waals surface area contributed by atoms with E-state index in [4.69, 9.17) is 37.0 Å². The molecule has 0 spiro atoms. The summed E-state index contributed by atoms with van der Waals surface area (Å²) in [5.41, 5.74) is 0.971. The van der Waals surface area contributed by atoms with E-state index >= 15 is 0 Å². The lowest BCUT2D eigenvalue weighted by atomic mass is 10.1. The van der Waals surface area contributed by atoms with Crippen LogP contribution in [0, 0.1) is 0 Å². The molecule has 11 heteroatoms. The highest BCUT2D eigenvalue weighted by Gasteiger charge is 2.39. The van der Waals surface area contributed by atoms with Gasteiger partial charge in [0, 0.05) is 31.9 Å². The van der Waals surface area contributed by atoms with E-state index in [0.29, 0.717) is 49.2 Å². The van der Waals surface area contributed by atoms with E-state index in [9.17, 15) is 9.59 Å². The van der Waals surface area contributed by atoms with Crippen molar-refractivity contribution in [2.75, 3.05) is 47.8 Å². The van der Waals surface area contributed by atoms with Crippen molar-refractivity contribution in [2.45, 2.75) is 52.5 Å². The number of hydrogen-bond acceptors (Lipinski definition) is 10. The SMILES string of the molecule is CCO[Si](CCCCCCOC(=O)/C=C/c1ccc(OC(=O)c2ccc(OC)c(OC)c2)c(OC)c1)(OCC)OCC. The van der Waals surface area contributed by atoms with Gasteiger partial charge in [0.25, 0.3) is 0 Å². The Balaban J connectivity index is 1.81. The third kappa shape index (κ3) is 11.1. The standard InChI is InChI=1S/C31H44O10Si/c1-7-38-42(39-8-2,40-9-3)21-13-11-10-12-20-37-30(32)19-15-24-14-17-27(28(22-24)35-5)41-31(33)25-16-18-26(34-4)29(23-25)36-6/h14-19,22-23H,7-13,20-21H2,1-6H3/b19-15+. The highest BCUT2D eigenvalue weighted by molar-refractivity contribution is 6.60. The molecule has 0 heterocycles. The van der Waals surface area contributed by atoms with Crippen molar-refractivity contribution >= 4 is 26.8 Å². The molecule has 2 rings (SSSR count). The van der Waals surface area contributed by atoms with Crippen LogP contribution in [0.25, 0.3) is 6.08 Å². The molecule has 0 aromatic heterocycles. The summed E-state index contributed by atoms with van der Waals surface area (Å²) in [6.07, 6.45) is 6.56. The van der Waals surface area contributed by atoms with Gasteiger partial charge in [-0.1, -0.05) is 18.9 Å². The van der Waals surface area contributed by atoms with E-state index in [1.807, 2.05) is 20.8 Å². The highest BCUT2D eigenvalue weighted by Crippen LogP contribution is 2.31. The summed E-state index contributed by atoms with van der Waals surface area (Å²) >= 11 is 0. The van der Waals surface area contributed by atoms with Crippen LogP contribution in [0.3, 0.4) is 0 Å². The lowest BCUT2D eigenvalue weighted by Gasteiger charge is -2.28. The Morgan fingerprint density at radius 1 is 0.714 bits per heavy atom. The van der Waals surface area contributed by atoms with Gasteiger partial charge in [-0.3, -0.25) is 0 Å². The number of carbonyl (C=O) groups excluding carboxylic acids is 2. The zero-order valence-electron chi connectivity index (χ0n) is 25.6. The van der Waals surface area contributed by atoms with Gasteiger partial charge in [0.15, 0.2) is 23.0 Å². The highest BCUT2D eigenvalue weighted by atomic mass is 28.4. The van der Waals surface area contributed by atoms with E-state index in [1.54, 1.807) is 36.4 Å². The average molecular weight is 605 g/mol. The van der Waals surface area contributed by atoms with Gasteiger partial charge >= 0.3 is 20.7 Å². The van der Waals surface area contributed by atoms with Gasteiger partial charge in [-0.25, -0.2) is 9.59 Å². The van der Waals surface area contributed by atoms with Gasteiger partial charge in [0.2, 0.25) is 0 Å². The van der Waals surface area contributed by atoms with E-state index in [-0.39, 0.29) is 11.3 Å². The summed E-state index contributed by atoms with van der Waals surface area (Å²) in [5.74, 6) is 0.471. The topological polar surface area (TPSA) is 108 Å². The van der Waals surface area contributed by atoms with Crippen LogP contribution in [-0.4, -0.2) is 68.5 Å². The fourth-order valence-electron chi connectivity index (χ4n) is 4.18. The molecule has 0 saturated heterocycles. The fourth-order valence-corrected chi connectivity index (χ4v) is 6.86. The van der Waals surface area contributed by atoms with Gasteiger partial charge in [-0.15, -0.1) is 0 Å². The molecule has 0 aliphatic carbocycles. The second-order valence-electron chi connectivity index (χ2n) is 9.02. The Kier molecular flexibility index (Phi) is 15.7. The predicted molar refractivity (Wildman–Crippen MR) is 161 cm³/mol. The third-order valence-corrected chi connectivity index (χ3v) is 9.29. The molecule has 2 aromatic carbocycles. The van der Waals surface area contributed by atoms with E-state index in [0.717, 1.165) is 31.7 Å². The normalized spacial score (nSPS) is 11.4. The zero-order chi connectivity index (χ0) is 30.8. The molecule has 2 aromatic rings. The molecule has 0 unspecified atom stereocenters. The first-order valence-electron chi connectivity index (χ1n) is 14.2. The minimum absolute atomic E-state index is 0.237. The third-order valence-electron chi connectivity index (χ3n) is 6.14. The molecule has 0 atom stereocenters. The molecule has 0 fully saturated rings. The second-order valence-corrected chi connectivity index (χ2v) is 11.7. The Labute approximate surface area is 250 Å². The maximum absolute atomic E-state index is 12.7. The number of rotatable bonds is 20. The maximum atomic E-state index is 12.7. The van der Waals surface area contributed by atoms with Gasteiger partial charge in [0.1, 0.15) is 0 Å². The number of unbranched alkanes of at least 4 members (excludes halogenated alkanes) is 3. The van der Waals surface area contributed by atoms with Crippen LogP contribution in [0.4, 0.5) is 0 Å². The van der Waals surface area contributed by atoms with Crippen LogP contribution >= 0.6 is 0 Å². The van der Waals surface area contributed by atoms with Crippen LogP contribution in [0.2, 0.25) is 6.04 Å². The second kappa shape index (κ2) is 18.9. The Bertz CT molecular complexity index is 1130. The summed E-state index contributed by atoms with van der Waals surface area (Å²) in [5, 5.41) is 0. The Hall–Kier alpha value is -3.38. The maximum Gasteiger partial charge on any atom is 0.500 e. The van der Waals surface area contributed by atoms with E-state index in [2.05, 4.69) is 0 Å². The molecule has 42 heavy (non-hydrogen) atoms. The van der Waals surface area contributed by atoms with Crippen molar-refractivity contribution in [1.29, 1.82) is 0 Å². The van der Waals surface area contributed by atoms with Crippen molar-refractivity contribution in [1.82, 2.24) is 0 Å². The molecule has 0 aliphatic heterocycles. The zero-order valence-corrected chi connectivity index (χ0v) is 26.6. The number of methoxy groups -OCH3 is 3. The largest absolute Gasteiger partial charge is 0.500 e. The van der Waals surface area contributed by atoms with Gasteiger partial charge in [-0.2, -0.15) is 0 Å². The van der Waals surface area contributed by atoms with Crippen LogP contribution in [0.5, 0.6) is 23.0 Å². The van der Waals surface area contributed by atoms with Crippen LogP contribution in [0.15, 0.2) is 42.5 Å². The van der Waals surface area contributed by atoms with Crippen molar-refractivity contribution in [3.05, 3.63) is 53.6 Å². The molecule has 0 radical (unpaired) electrons. The lowest BCUT2D eigenvalue weighted by molar-refractivity contribution is -0.137. The predicted octanol–water partition coefficient (Wildman–Crippen LogP) is 6.10. The lowest BCUT2D eigenvalue weighted by Crippen LogP contribution is -2.45. The molecule has 0 amide bonds. The fraction of sp³-hybridized carbons (Fsp3) is 0.484. The minimum Gasteiger partial charge on any atom is -0.493 e. The van der Waals surface area contributed by atoms with Crippen molar-refractivity contribution in [3.63, 3.8) is 0 Å². The first-order valence-corrected chi connectivity index (χ1v) is 16.2. The van der Waals surface area contributed by atoms with E-state index in [1.165, 1.54) is 33.5 Å². The summed E-state index contributed by atoms with van der Waals surface area (Å²) in [4.78, 5) is 24.9. The molecule has 232 valence electrons. The van der Waals surface area contributed by atoms with E-state index < -0.39 is 20.7 Å². The smallest absolute Gasteiger partial charge is 0.493 e. The Morgan fingerprint density at radius 2 is 1.31 bits per heavy atom. The quantitative estimate of drug-likeness (QED) is 0.0579. The summed E-state index contributed by atoms with van der Waals surface area (Å²) in [6.45, 7) is 7.90. The number of esters is 2. The summed E-state index contributed by atoms with van der Waals surface area (Å²) in [7, 11) is 1.87.